The summed E-state index contributed by atoms with van der Waals surface area (Å²) < 4.78 is 34.1. The molecule has 1 aromatic carbocycles. The molecule has 3 heterocycles. The van der Waals surface area contributed by atoms with E-state index in [4.69, 9.17) is 4.42 Å². The van der Waals surface area contributed by atoms with E-state index in [1.807, 2.05) is 32.0 Å². The molecule has 0 spiro atoms. The van der Waals surface area contributed by atoms with Crippen LogP contribution in [0.15, 0.2) is 38.4 Å². The van der Waals surface area contributed by atoms with Crippen LogP contribution in [0.1, 0.15) is 5.82 Å². The van der Waals surface area contributed by atoms with Crippen molar-refractivity contribution >= 4 is 32.8 Å². The number of hydrogen-bond acceptors (Lipinski definition) is 8. The van der Waals surface area contributed by atoms with Crippen LogP contribution in [0.5, 0.6) is 0 Å². The highest BCUT2D eigenvalue weighted by Crippen LogP contribution is 2.24. The summed E-state index contributed by atoms with van der Waals surface area (Å²) in [6.07, 6.45) is 0. The predicted molar refractivity (Wildman–Crippen MR) is 114 cm³/mol. The number of sulfonamides is 1. The molecule has 0 unspecified atom stereocenters. The molecule has 0 atom stereocenters. The molecule has 0 N–H and O–H groups in total. The van der Waals surface area contributed by atoms with E-state index < -0.39 is 15.8 Å². The summed E-state index contributed by atoms with van der Waals surface area (Å²) in [6.45, 7) is 3.57. The number of nitrogens with zero attached hydrogens (tertiary/aromatic N) is 6. The predicted octanol–water partition coefficient (Wildman–Crippen LogP) is 0.807. The lowest BCUT2D eigenvalue weighted by atomic mass is 10.3. The molecule has 0 saturated carbocycles. The molecule has 4 rings (SSSR count). The van der Waals surface area contributed by atoms with Gasteiger partial charge in [-0.2, -0.15) is 4.31 Å². The quantitative estimate of drug-likeness (QED) is 0.596. The third-order valence-corrected chi connectivity index (χ3v) is 7.13. The van der Waals surface area contributed by atoms with Gasteiger partial charge in [0.15, 0.2) is 5.58 Å². The first kappa shape index (κ1) is 20.4. The standard InChI is InChI=1S/C19H24N6O4S/c1-13-20-17(22(2)3)12-18(21-13)24-7-9-25(10-8-24)30(27,28)14-5-6-16-15(11-14)23(4)19(26)29-16/h5-6,11-12H,7-10H2,1-4H3. The van der Waals surface area contributed by atoms with Crippen molar-refractivity contribution in [3.8, 4) is 0 Å². The topological polar surface area (TPSA) is 105 Å². The van der Waals surface area contributed by atoms with E-state index in [-0.39, 0.29) is 4.90 Å². The van der Waals surface area contributed by atoms with Crippen LogP contribution in [0, 0.1) is 6.92 Å². The van der Waals surface area contributed by atoms with E-state index in [1.54, 1.807) is 7.05 Å². The van der Waals surface area contributed by atoms with Gasteiger partial charge in [0.25, 0.3) is 0 Å². The van der Waals surface area contributed by atoms with Crippen LogP contribution < -0.4 is 15.6 Å². The molecule has 1 saturated heterocycles. The SMILES string of the molecule is Cc1nc(N(C)C)cc(N2CCN(S(=O)(=O)c3ccc4oc(=O)n(C)c4c3)CC2)n1. The van der Waals surface area contributed by atoms with Gasteiger partial charge in [0, 0.05) is 53.4 Å². The Bertz CT molecular complexity index is 1260. The molecule has 1 fully saturated rings. The summed E-state index contributed by atoms with van der Waals surface area (Å²) in [7, 11) is 1.70. The molecular formula is C19H24N6O4S. The Morgan fingerprint density at radius 2 is 1.77 bits per heavy atom. The molecule has 0 aliphatic carbocycles. The molecule has 10 nitrogen and oxygen atoms in total. The van der Waals surface area contributed by atoms with Crippen molar-refractivity contribution in [2.45, 2.75) is 11.8 Å². The van der Waals surface area contributed by atoms with Crippen molar-refractivity contribution in [2.24, 2.45) is 7.05 Å². The first-order valence-corrected chi connectivity index (χ1v) is 11.0. The molecule has 11 heteroatoms. The number of piperazine rings is 1. The molecule has 1 aliphatic heterocycles. The Balaban J connectivity index is 1.55. The van der Waals surface area contributed by atoms with E-state index in [0.29, 0.717) is 43.1 Å². The highest BCUT2D eigenvalue weighted by Gasteiger charge is 2.30. The van der Waals surface area contributed by atoms with E-state index in [9.17, 15) is 13.2 Å². The maximum Gasteiger partial charge on any atom is 0.419 e. The van der Waals surface area contributed by atoms with Crippen LogP contribution in [-0.4, -0.2) is 67.5 Å². The molecule has 160 valence electrons. The minimum atomic E-state index is -3.69. The van der Waals surface area contributed by atoms with E-state index in [2.05, 4.69) is 14.9 Å². The molecule has 0 bridgehead atoms. The fourth-order valence-electron chi connectivity index (χ4n) is 3.50. The Labute approximate surface area is 174 Å². The van der Waals surface area contributed by atoms with Crippen molar-refractivity contribution in [3.63, 3.8) is 0 Å². The largest absolute Gasteiger partial charge is 0.419 e. The zero-order valence-electron chi connectivity index (χ0n) is 17.4. The summed E-state index contributed by atoms with van der Waals surface area (Å²) in [5, 5.41) is 0. The lowest BCUT2D eigenvalue weighted by Gasteiger charge is -2.35. The summed E-state index contributed by atoms with van der Waals surface area (Å²) in [5.41, 5.74) is 0.814. The maximum atomic E-state index is 13.1. The summed E-state index contributed by atoms with van der Waals surface area (Å²) in [6, 6.07) is 6.39. The molecule has 0 radical (unpaired) electrons. The molecular weight excluding hydrogens is 408 g/mol. The molecule has 3 aromatic rings. The Morgan fingerprint density at radius 1 is 1.07 bits per heavy atom. The second-order valence-corrected chi connectivity index (χ2v) is 9.41. The third kappa shape index (κ3) is 3.54. The van der Waals surface area contributed by atoms with Crippen LogP contribution in [0.2, 0.25) is 0 Å². The van der Waals surface area contributed by atoms with Crippen LogP contribution in [-0.2, 0) is 17.1 Å². The van der Waals surface area contributed by atoms with Crippen molar-refractivity contribution in [3.05, 3.63) is 40.6 Å². The van der Waals surface area contributed by atoms with Crippen molar-refractivity contribution in [2.75, 3.05) is 50.1 Å². The average Bonchev–Trinajstić information content (AvgIpc) is 3.01. The smallest absolute Gasteiger partial charge is 0.408 e. The Morgan fingerprint density at radius 3 is 2.43 bits per heavy atom. The van der Waals surface area contributed by atoms with Gasteiger partial charge in [-0.15, -0.1) is 0 Å². The lowest BCUT2D eigenvalue weighted by Crippen LogP contribution is -2.49. The number of oxazole rings is 1. The van der Waals surface area contributed by atoms with E-state index in [0.717, 1.165) is 11.6 Å². The van der Waals surface area contributed by atoms with Gasteiger partial charge in [0.2, 0.25) is 10.0 Å². The Kier molecular flexibility index (Phi) is 5.02. The number of anilines is 2. The minimum Gasteiger partial charge on any atom is -0.408 e. The van der Waals surface area contributed by atoms with Gasteiger partial charge < -0.3 is 14.2 Å². The zero-order chi connectivity index (χ0) is 21.6. The highest BCUT2D eigenvalue weighted by molar-refractivity contribution is 7.89. The van der Waals surface area contributed by atoms with Crippen molar-refractivity contribution < 1.29 is 12.8 Å². The minimum absolute atomic E-state index is 0.146. The van der Waals surface area contributed by atoms with E-state index >= 15 is 0 Å². The van der Waals surface area contributed by atoms with Gasteiger partial charge in [-0.05, 0) is 25.1 Å². The first-order valence-electron chi connectivity index (χ1n) is 9.54. The maximum absolute atomic E-state index is 13.1. The second-order valence-electron chi connectivity index (χ2n) is 7.47. The van der Waals surface area contributed by atoms with Crippen LogP contribution in [0.4, 0.5) is 11.6 Å². The lowest BCUT2D eigenvalue weighted by molar-refractivity contribution is 0.383. The van der Waals surface area contributed by atoms with E-state index in [1.165, 1.54) is 27.1 Å². The van der Waals surface area contributed by atoms with Gasteiger partial charge in [-0.3, -0.25) is 4.57 Å². The Hall–Kier alpha value is -2.92. The van der Waals surface area contributed by atoms with Crippen LogP contribution in [0.25, 0.3) is 11.1 Å². The van der Waals surface area contributed by atoms with Gasteiger partial charge in [-0.1, -0.05) is 0 Å². The highest BCUT2D eigenvalue weighted by atomic mass is 32.2. The second kappa shape index (κ2) is 7.40. The zero-order valence-corrected chi connectivity index (χ0v) is 18.2. The monoisotopic (exact) mass is 432 g/mol. The fraction of sp³-hybridized carbons (Fsp3) is 0.421. The van der Waals surface area contributed by atoms with Crippen LogP contribution in [0.3, 0.4) is 0 Å². The fourth-order valence-corrected chi connectivity index (χ4v) is 4.94. The van der Waals surface area contributed by atoms with Gasteiger partial charge >= 0.3 is 5.76 Å². The number of rotatable bonds is 4. The molecule has 1 aliphatic rings. The molecule has 30 heavy (non-hydrogen) atoms. The number of hydrogen-bond donors (Lipinski definition) is 0. The van der Waals surface area contributed by atoms with Gasteiger partial charge in [-0.25, -0.2) is 23.2 Å². The molecule has 2 aromatic heterocycles. The third-order valence-electron chi connectivity index (χ3n) is 5.23. The van der Waals surface area contributed by atoms with Gasteiger partial charge in [0.05, 0.1) is 10.4 Å². The average molecular weight is 433 g/mol. The number of fused-ring (bicyclic) bond motifs is 1. The molecule has 0 amide bonds. The first-order chi connectivity index (χ1) is 14.2. The van der Waals surface area contributed by atoms with Crippen LogP contribution >= 0.6 is 0 Å². The summed E-state index contributed by atoms with van der Waals surface area (Å²) >= 11 is 0. The summed E-state index contributed by atoms with van der Waals surface area (Å²) in [4.78, 5) is 24.7. The van der Waals surface area contributed by atoms with Crippen molar-refractivity contribution in [1.82, 2.24) is 18.8 Å². The summed E-state index contributed by atoms with van der Waals surface area (Å²) in [5.74, 6) is 1.75. The van der Waals surface area contributed by atoms with Gasteiger partial charge in [0.1, 0.15) is 17.5 Å². The number of aryl methyl sites for hydroxylation is 2. The van der Waals surface area contributed by atoms with Crippen molar-refractivity contribution in [1.29, 1.82) is 0 Å². The normalized spacial score (nSPS) is 15.7. The number of aromatic nitrogens is 3. The number of benzene rings is 1.